The Balaban J connectivity index is 0.000000146. The molecule has 0 saturated carbocycles. The molecule has 36 heteroatoms. The molecule has 0 bridgehead atoms. The van der Waals surface area contributed by atoms with Crippen LogP contribution in [0.3, 0.4) is 0 Å². The summed E-state index contributed by atoms with van der Waals surface area (Å²) in [4.78, 5) is 275. The van der Waals surface area contributed by atoms with Crippen molar-refractivity contribution in [2.75, 3.05) is 51.1 Å². The number of aryl methyl sites for hydroxylation is 2. The fourth-order valence-electron chi connectivity index (χ4n) is 19.2. The maximum absolute atomic E-state index is 13.2. The number of aromatic carboxylic acids is 1. The van der Waals surface area contributed by atoms with E-state index in [0.29, 0.717) is 37.2 Å². The van der Waals surface area contributed by atoms with Gasteiger partial charge in [-0.15, -0.1) is 0 Å². The molecule has 10 aromatic carbocycles. The monoisotopic (exact) mass is 2020 g/mol. The molecule has 0 spiro atoms. The SMILES string of the molecule is CCCC[Si](C)(C)O[Si](C)(C)CCCN1C(=O)c2ccc(C(=O)c3ccc4c(c3)C(=O)N(C)C4=O)cc2C1=O.CCCC[Si](C)(C)O[Si](C)(C)CCCN1C(=O)c2ccc(C(=O)c3ccc4c(c3)C(=O)N(C)C4=O)cc2C1=O.Cc1cc(C(=O)O)cc(N2C(=O)c3ccc(C(=O)c4ccc5c(c4)C(=O)N(C)C5=O)cc3C2=O)c1.Cc1cccc(N2C(=O)c3ccc(C(=O)c4ccc5c(c4)C(=O)N(C)C5=O)cc3C2=O)c1. The van der Waals surface area contributed by atoms with Gasteiger partial charge in [-0.3, -0.25) is 125 Å². The summed E-state index contributed by atoms with van der Waals surface area (Å²) < 4.78 is 13.3. The number of carboxylic acid groups (broad SMARTS) is 1. The first-order valence-electron chi connectivity index (χ1n) is 47.3. The largest absolute Gasteiger partial charge is 0.478 e. The van der Waals surface area contributed by atoms with Crippen molar-refractivity contribution < 1.29 is 114 Å². The van der Waals surface area contributed by atoms with Crippen LogP contribution < -0.4 is 9.80 Å². The first-order valence-corrected chi connectivity index (χ1v) is 59.8. The molecule has 0 fully saturated rings. The highest BCUT2D eigenvalue weighted by atomic mass is 28.4. The van der Waals surface area contributed by atoms with Crippen molar-refractivity contribution in [3.63, 3.8) is 0 Å². The number of amides is 16. The standard InChI is InChI=1S/2C29H36N2O6Si2.C26H16N2O7.C25H16N2O5/c2*1-7-8-15-38(3,4)37-39(5,6)16-9-14-31-28(35)22-13-11-20(18-24(22)29(31)36)25(32)19-10-12-21-23(17-19)27(34)30(2)26(21)33;1-12-7-15(26(34)35)9-16(8-12)28-24(32)18-6-4-14(11-20(18)25(28)33)21(29)13-3-5-17-19(10-13)23(31)27(2)22(17)30;1-13-4-3-5-16(10-13)27-24(31)18-9-7-15(12-20(18)25(27)32)21(28)14-6-8-17-19(11-14)23(30)26(2)22(17)29/h2*10-13,17-18H,7-9,14-16H2,1-6H3;3-11H,1-2H3,(H,34,35);3-12H,1-2H3. The average molecular weight is 2020 g/mol. The molecule has 0 saturated heterocycles. The molecule has 0 atom stereocenters. The molecule has 145 heavy (non-hydrogen) atoms. The summed E-state index contributed by atoms with van der Waals surface area (Å²) in [5.41, 5.74) is 6.69. The summed E-state index contributed by atoms with van der Waals surface area (Å²) >= 11 is 0. The number of fused-ring (bicyclic) bond motifs is 8. The highest BCUT2D eigenvalue weighted by molar-refractivity contribution is 6.85. The van der Waals surface area contributed by atoms with Crippen LogP contribution in [0.25, 0.3) is 0 Å². The van der Waals surface area contributed by atoms with Gasteiger partial charge in [0.1, 0.15) is 0 Å². The van der Waals surface area contributed by atoms with Crippen LogP contribution in [0, 0.1) is 13.8 Å². The van der Waals surface area contributed by atoms with Gasteiger partial charge < -0.3 is 13.3 Å². The van der Waals surface area contributed by atoms with Gasteiger partial charge in [-0.1, -0.05) is 100 Å². The van der Waals surface area contributed by atoms with Crippen LogP contribution in [0.1, 0.15) is 303 Å². The van der Waals surface area contributed by atoms with E-state index in [0.717, 1.165) is 72.0 Å². The Morgan fingerprint density at radius 1 is 0.248 bits per heavy atom. The second-order valence-electron chi connectivity index (χ2n) is 39.4. The minimum absolute atomic E-state index is 0.00591. The molecule has 740 valence electrons. The van der Waals surface area contributed by atoms with Crippen molar-refractivity contribution in [3.05, 3.63) is 338 Å². The third-order valence-electron chi connectivity index (χ3n) is 26.7. The number of nitrogens with zero attached hydrogens (tertiary/aromatic N) is 8. The number of carbonyl (C=O) groups excluding carboxylic acids is 20. The quantitative estimate of drug-likeness (QED) is 0.0258. The lowest BCUT2D eigenvalue weighted by molar-refractivity contribution is 0.0638. The molecule has 16 amide bonds. The van der Waals surface area contributed by atoms with E-state index in [1.54, 1.807) is 25.1 Å². The Labute approximate surface area is 838 Å². The highest BCUT2D eigenvalue weighted by Gasteiger charge is 2.46. The second-order valence-corrected chi connectivity index (χ2v) is 57.1. The molecule has 18 rings (SSSR count). The van der Waals surface area contributed by atoms with Gasteiger partial charge in [-0.05, 0) is 242 Å². The smallest absolute Gasteiger partial charge is 0.335 e. The van der Waals surface area contributed by atoms with Crippen LogP contribution in [0.15, 0.2) is 188 Å². The maximum atomic E-state index is 13.2. The number of carbonyl (C=O) groups is 21. The molecule has 1 N–H and O–H groups in total. The number of hydrogen-bond acceptors (Lipinski definition) is 23. The Hall–Kier alpha value is -15.7. The van der Waals surface area contributed by atoms with E-state index in [4.69, 9.17) is 8.23 Å². The number of imide groups is 8. The minimum atomic E-state index is -1.95. The first kappa shape index (κ1) is 104. The van der Waals surface area contributed by atoms with Gasteiger partial charge in [0.15, 0.2) is 56.4 Å². The zero-order chi connectivity index (χ0) is 105. The maximum Gasteiger partial charge on any atom is 0.335 e. The Bertz CT molecular complexity index is 7250. The molecule has 10 aromatic rings. The van der Waals surface area contributed by atoms with E-state index >= 15 is 0 Å². The van der Waals surface area contributed by atoms with E-state index in [1.807, 2.05) is 13.0 Å². The number of hydrogen-bond donors (Lipinski definition) is 1. The molecular formula is C109H104N8O24Si4. The van der Waals surface area contributed by atoms with Crippen molar-refractivity contribution in [2.24, 2.45) is 0 Å². The van der Waals surface area contributed by atoms with Crippen LogP contribution in [-0.4, -0.2) is 233 Å². The molecule has 8 heterocycles. The van der Waals surface area contributed by atoms with Crippen LogP contribution >= 0.6 is 0 Å². The second kappa shape index (κ2) is 40.2. The van der Waals surface area contributed by atoms with Crippen molar-refractivity contribution in [2.45, 2.75) is 143 Å². The molecule has 32 nitrogen and oxygen atoms in total. The van der Waals surface area contributed by atoms with Crippen LogP contribution in [0.4, 0.5) is 11.4 Å². The van der Waals surface area contributed by atoms with Gasteiger partial charge in [0.05, 0.1) is 106 Å². The predicted molar refractivity (Wildman–Crippen MR) is 544 cm³/mol. The molecule has 0 unspecified atom stereocenters. The topological polar surface area (TPSA) is 423 Å². The van der Waals surface area contributed by atoms with Gasteiger partial charge in [0, 0.05) is 85.8 Å². The summed E-state index contributed by atoms with van der Waals surface area (Å²) in [6.45, 7) is 26.4. The fraction of sp³-hybridized carbons (Fsp3) is 0.257. The number of ketones is 4. The van der Waals surface area contributed by atoms with Crippen LogP contribution in [0.5, 0.6) is 0 Å². The first-order chi connectivity index (χ1) is 68.4. The van der Waals surface area contributed by atoms with Gasteiger partial charge in [0.25, 0.3) is 94.5 Å². The summed E-state index contributed by atoms with van der Waals surface area (Å²) in [6, 6.07) is 49.9. The molecule has 0 aromatic heterocycles. The Morgan fingerprint density at radius 2 is 0.469 bits per heavy atom. The molecule has 8 aliphatic rings. The van der Waals surface area contributed by atoms with Crippen molar-refractivity contribution in [1.82, 2.24) is 29.4 Å². The molecule has 0 aliphatic carbocycles. The van der Waals surface area contributed by atoms with E-state index in [2.05, 4.69) is 66.2 Å². The van der Waals surface area contributed by atoms with Gasteiger partial charge in [-0.2, -0.15) is 0 Å². The molecular weight excluding hydrogens is 1920 g/mol. The third-order valence-corrected chi connectivity index (χ3v) is 41.8. The molecule has 0 radical (unpaired) electrons. The predicted octanol–water partition coefficient (Wildman–Crippen LogP) is 16.9. The van der Waals surface area contributed by atoms with E-state index in [9.17, 15) is 106 Å². The van der Waals surface area contributed by atoms with Crippen LogP contribution in [-0.2, 0) is 8.23 Å². The number of carboxylic acids is 1. The lowest BCUT2D eigenvalue weighted by atomic mass is 9.96. The third kappa shape index (κ3) is 20.2. The fourth-order valence-corrected chi connectivity index (χ4v) is 37.2. The van der Waals surface area contributed by atoms with E-state index in [-0.39, 0.29) is 157 Å². The number of rotatable bonds is 29. The Morgan fingerprint density at radius 3 is 0.738 bits per heavy atom. The summed E-state index contributed by atoms with van der Waals surface area (Å²) in [5.74, 6) is -10.2. The van der Waals surface area contributed by atoms with Gasteiger partial charge in [0.2, 0.25) is 0 Å². The van der Waals surface area contributed by atoms with Crippen LogP contribution in [0.2, 0.25) is 76.6 Å². The van der Waals surface area contributed by atoms with E-state index < -0.39 is 145 Å². The van der Waals surface area contributed by atoms with Crippen molar-refractivity contribution in [3.8, 4) is 0 Å². The Kier molecular flexibility index (Phi) is 28.7. The lowest BCUT2D eigenvalue weighted by Crippen LogP contribution is -2.44. The summed E-state index contributed by atoms with van der Waals surface area (Å²) in [6.07, 6.45) is 5.99. The normalized spacial score (nSPS) is 15.0. The van der Waals surface area contributed by atoms with E-state index in [1.165, 1.54) is 215 Å². The van der Waals surface area contributed by atoms with Gasteiger partial charge in [-0.25, -0.2) is 14.6 Å². The average Bonchev–Trinajstić information content (AvgIpc) is 1.61. The minimum Gasteiger partial charge on any atom is -0.478 e. The van der Waals surface area contributed by atoms with Gasteiger partial charge >= 0.3 is 5.97 Å². The zero-order valence-corrected chi connectivity index (χ0v) is 86.8. The number of benzene rings is 10. The number of unbranched alkanes of at least 4 members (excludes halogenated alkanes) is 2. The molecule has 8 aliphatic heterocycles. The van der Waals surface area contributed by atoms with Crippen molar-refractivity contribution >= 4 is 168 Å². The lowest BCUT2D eigenvalue weighted by Gasteiger charge is -2.34. The summed E-state index contributed by atoms with van der Waals surface area (Å²) in [5, 5.41) is 9.32. The highest BCUT2D eigenvalue weighted by Crippen LogP contribution is 2.39. The van der Waals surface area contributed by atoms with Crippen molar-refractivity contribution in [1.29, 1.82) is 0 Å². The zero-order valence-electron chi connectivity index (χ0n) is 82.8. The summed E-state index contributed by atoms with van der Waals surface area (Å²) in [7, 11) is -1.84. The number of anilines is 2.